The van der Waals surface area contributed by atoms with E-state index < -0.39 is 303 Å². The van der Waals surface area contributed by atoms with Crippen LogP contribution in [0.25, 0.3) is 139 Å². The van der Waals surface area contributed by atoms with Crippen LogP contribution in [0, 0.1) is 39.0 Å². The number of hydrogen-bond donors (Lipinski definition) is 0. The van der Waals surface area contributed by atoms with Gasteiger partial charge in [0, 0.05) is 62.2 Å². The van der Waals surface area contributed by atoms with Crippen molar-refractivity contribution in [2.45, 2.75) is 20.6 Å². The maximum Gasteiger partial charge on any atom is 0.268 e. The number of benzene rings is 13. The standard InChI is InChI=1S/C87H60N4O.Pt/c1-58-24-21-25-59(2)86(58)66-42-45-82-84(53-66)89(73-36-22-37-74(54-73)92-75-43-44-79-78-38-19-20-41-81(78)91(83(79)55-75)85-46-60(3)80(56-88-85)65-34-17-8-18-35-65)57-90(82)87-76(71-49-67(61-26-9-4-10-27-61)47-68(50-71)62-28-11-5-12-29-62)39-23-40-77(87)72-51-69(63-30-13-6-14-31-63)48-70(52-72)64-32-15-7-16-33-64;/h4-53,56H,1-3H3;/q-2;/i1D3,2D3,3D3,4D,5D,6D,7D,8D,9D,10D,11D,12D,13D,14D,15D,16D,17D,18D,26D,27D,28D,29D,30D,31D,32D,33D,34D,35D,47D,48D,49D,50D,51D,52D;. The van der Waals surface area contributed by atoms with E-state index in [1.54, 1.807) is 34.9 Å². The maximum absolute atomic E-state index is 10.6. The molecule has 16 rings (SSSR count). The molecule has 3 aromatic heterocycles. The van der Waals surface area contributed by atoms with Crippen molar-refractivity contribution in [1.29, 1.82) is 0 Å². The van der Waals surface area contributed by atoms with Gasteiger partial charge in [-0.25, -0.2) is 4.98 Å². The first-order valence-corrected chi connectivity index (χ1v) is 28.0. The van der Waals surface area contributed by atoms with Crippen molar-refractivity contribution in [2.75, 3.05) is 0 Å². The van der Waals surface area contributed by atoms with Crippen LogP contribution in [0.15, 0.2) is 309 Å². The Labute approximate surface area is 612 Å². The van der Waals surface area contributed by atoms with Gasteiger partial charge in [0.15, 0.2) is 0 Å². The van der Waals surface area contributed by atoms with Crippen LogP contribution in [0.1, 0.15) is 71.5 Å². The third-order valence-electron chi connectivity index (χ3n) is 15.0. The zero-order valence-corrected chi connectivity index (χ0v) is 49.8. The molecule has 3 heterocycles. The summed E-state index contributed by atoms with van der Waals surface area (Å²) in [6.45, 7) is -9.15. The summed E-state index contributed by atoms with van der Waals surface area (Å²) in [6, 6.07) is 1.98. The Morgan fingerprint density at radius 1 is 0.419 bits per heavy atom. The van der Waals surface area contributed by atoms with Gasteiger partial charge in [-0.2, -0.15) is 18.2 Å². The largest absolute Gasteiger partial charge is 0.510 e. The van der Waals surface area contributed by atoms with Gasteiger partial charge in [-0.15, -0.1) is 29.7 Å². The van der Waals surface area contributed by atoms with Crippen LogP contribution in [0.4, 0.5) is 0 Å². The maximum atomic E-state index is 10.6. The number of fused-ring (bicyclic) bond motifs is 4. The van der Waals surface area contributed by atoms with Crippen molar-refractivity contribution < 1.29 is 85.2 Å². The molecule has 0 atom stereocenters. The number of rotatable bonds is 13. The normalized spacial score (nSPS) is 17.8. The summed E-state index contributed by atoms with van der Waals surface area (Å²) in [5.74, 6) is -0.294. The number of ether oxygens (including phenoxy) is 1. The molecule has 5 nitrogen and oxygen atoms in total. The summed E-state index contributed by atoms with van der Waals surface area (Å²) in [6.07, 6.45) is 4.32. The quantitative estimate of drug-likeness (QED) is 0.0852. The first-order chi connectivity index (χ1) is 61.9. The monoisotopic (exact) mass is 1410 g/mol. The molecular weight excluding hydrogens is 1310 g/mol. The molecule has 93 heavy (non-hydrogen) atoms. The third-order valence-corrected chi connectivity index (χ3v) is 15.0. The Bertz CT molecular complexity index is 7190. The van der Waals surface area contributed by atoms with E-state index in [1.807, 2.05) is 0 Å². The van der Waals surface area contributed by atoms with E-state index >= 15 is 0 Å². The van der Waals surface area contributed by atoms with Gasteiger partial charge in [-0.3, -0.25) is 4.57 Å². The Morgan fingerprint density at radius 3 is 1.51 bits per heavy atom. The molecule has 0 bridgehead atoms. The van der Waals surface area contributed by atoms with Gasteiger partial charge >= 0.3 is 0 Å². The van der Waals surface area contributed by atoms with E-state index in [1.165, 1.54) is 71.3 Å². The van der Waals surface area contributed by atoms with Crippen molar-refractivity contribution >= 4 is 32.8 Å². The molecular formula is C87H60N4OPt-2. The predicted octanol–water partition coefficient (Wildman–Crippen LogP) is 21.9. The van der Waals surface area contributed by atoms with Crippen molar-refractivity contribution in [1.82, 2.24) is 14.1 Å². The summed E-state index contributed by atoms with van der Waals surface area (Å²) < 4.78 is 376. The Morgan fingerprint density at radius 2 is 0.935 bits per heavy atom. The van der Waals surface area contributed by atoms with Gasteiger partial charge in [-0.05, 0) is 186 Å². The number of pyridine rings is 1. The molecule has 0 fully saturated rings. The van der Waals surface area contributed by atoms with E-state index in [9.17, 15) is 19.2 Å². The second kappa shape index (κ2) is 24.9. The van der Waals surface area contributed by atoms with Crippen LogP contribution in [0.5, 0.6) is 11.5 Å². The fourth-order valence-corrected chi connectivity index (χ4v) is 10.9. The van der Waals surface area contributed by atoms with Gasteiger partial charge in [-0.1, -0.05) is 223 Å². The zero-order valence-electron chi connectivity index (χ0n) is 87.6. The molecule has 0 saturated carbocycles. The van der Waals surface area contributed by atoms with Crippen LogP contribution in [0.3, 0.4) is 0 Å². The predicted molar refractivity (Wildman–Crippen MR) is 378 cm³/mol. The summed E-state index contributed by atoms with van der Waals surface area (Å²) in [5, 5.41) is 1.08. The molecule has 13 aromatic carbocycles. The van der Waals surface area contributed by atoms with Crippen LogP contribution < -0.4 is 9.30 Å². The van der Waals surface area contributed by atoms with E-state index in [-0.39, 0.29) is 77.3 Å². The fourth-order valence-electron chi connectivity index (χ4n) is 10.9. The first kappa shape index (κ1) is 28.9. The summed E-state index contributed by atoms with van der Waals surface area (Å²) in [5.41, 5.74) is -13.4. The molecule has 0 unspecified atom stereocenters. The number of nitrogens with zero attached hydrogens (tertiary/aromatic N) is 4. The van der Waals surface area contributed by atoms with Gasteiger partial charge in [0.05, 0.1) is 59.2 Å². The number of aryl methyl sites for hydroxylation is 3. The molecule has 0 aliphatic rings. The molecule has 0 spiro atoms. The molecule has 16 aromatic rings. The Hall–Kier alpha value is -11.2. The van der Waals surface area contributed by atoms with Crippen molar-refractivity contribution in [2.24, 2.45) is 0 Å². The van der Waals surface area contributed by atoms with Crippen LogP contribution in [-0.4, -0.2) is 14.1 Å². The molecule has 0 saturated heterocycles. The molecule has 6 heteroatoms. The molecule has 446 valence electrons. The second-order valence-corrected chi connectivity index (χ2v) is 20.4. The minimum Gasteiger partial charge on any atom is -0.510 e. The molecule has 0 N–H and O–H groups in total. The smallest absolute Gasteiger partial charge is 0.268 e. The van der Waals surface area contributed by atoms with Gasteiger partial charge in [0.1, 0.15) is 5.82 Å². The average Bonchev–Trinajstić information content (AvgIpc) is 1.68. The van der Waals surface area contributed by atoms with Crippen molar-refractivity contribution in [3.8, 4) is 118 Å². The second-order valence-electron chi connectivity index (χ2n) is 20.4. The van der Waals surface area contributed by atoms with E-state index in [4.69, 9.17) is 40.4 Å². The number of aromatic nitrogens is 4. The molecule has 0 aliphatic carbocycles. The minimum atomic E-state index is -3.07. The summed E-state index contributed by atoms with van der Waals surface area (Å²) >= 11 is 0. The van der Waals surface area contributed by atoms with Gasteiger partial charge in [0.25, 0.3) is 6.33 Å². The Balaban J connectivity index is 0.0000135. The summed E-state index contributed by atoms with van der Waals surface area (Å²) in [7, 11) is 0. The molecule has 0 radical (unpaired) electrons. The van der Waals surface area contributed by atoms with Gasteiger partial charge < -0.3 is 13.9 Å². The van der Waals surface area contributed by atoms with Crippen LogP contribution in [0.2, 0.25) is 0 Å². The van der Waals surface area contributed by atoms with E-state index in [2.05, 4.69) is 23.4 Å². The molecule has 0 amide bonds. The number of para-hydroxylation sites is 2. The summed E-state index contributed by atoms with van der Waals surface area (Å²) in [4.78, 5) is 4.66. The SMILES string of the molecule is [2H]c1c([2H])c([2H])c(-c2cnc(-n3c4[c-]c(Oc5[c-]c(-n6[c-][n+](-c7c(-c8c([2H])c(-c9c([2H])c([2H])c([2H])c([2H])c9[2H])c([2H])c(-c9c([2H])c([2H])c([2H])c([2H])c9[2H])c8[2H])cccc7-c7c([2H])c(-c8c([2H])c([2H])c([2H])c([2H])c8[2H])c([2H])c(-c8c([2H])c([2H])c([2H])c([2H])c8[2H])c7[2H])c7ccc(-c8c(C([2H])([2H])[2H])cccc8C([2H])([2H])[2H])cc76)ccc5)ccc4c4ccccc43)cc2C([2H])([2H])[2H])c([2H])c1[2H].[Pt]. The fraction of sp³-hybridized carbons (Fsp3) is 0.0345. The zero-order chi connectivity index (χ0) is 96.1. The third kappa shape index (κ3) is 11.1. The van der Waals surface area contributed by atoms with Crippen molar-refractivity contribution in [3.63, 3.8) is 0 Å². The van der Waals surface area contributed by atoms with Gasteiger partial charge in [0.2, 0.25) is 0 Å². The topological polar surface area (TPSA) is 35.9 Å². The first-order valence-electron chi connectivity index (χ1n) is 48.0. The minimum absolute atomic E-state index is 0. The number of hydrogen-bond acceptors (Lipinski definition) is 2. The molecule has 0 aliphatic heterocycles. The Kier molecular flexibility index (Phi) is 7.74. The van der Waals surface area contributed by atoms with Crippen LogP contribution in [-0.2, 0) is 21.1 Å². The van der Waals surface area contributed by atoms with Crippen LogP contribution >= 0.6 is 0 Å². The van der Waals surface area contributed by atoms with E-state index in [0.717, 1.165) is 29.0 Å². The average molecular weight is 1410 g/mol. The van der Waals surface area contributed by atoms with E-state index in [0.29, 0.717) is 16.3 Å². The van der Waals surface area contributed by atoms with Crippen molar-refractivity contribution in [3.05, 3.63) is 344 Å². The number of imidazole rings is 1.